The van der Waals surface area contributed by atoms with Crippen LogP contribution in [0.1, 0.15) is 11.1 Å². The first-order chi connectivity index (χ1) is 32.8. The number of aromatic nitrogens is 4. The first kappa shape index (κ1) is 40.0. The van der Waals surface area contributed by atoms with Gasteiger partial charge in [0.2, 0.25) is 0 Å². The Morgan fingerprint density at radius 2 is 0.836 bits per heavy atom. The van der Waals surface area contributed by atoms with Crippen molar-refractivity contribution in [3.8, 4) is 67.5 Å². The molecule has 3 heterocycles. The molecule has 0 fully saturated rings. The zero-order valence-corrected chi connectivity index (χ0v) is 36.2. The highest BCUT2D eigenvalue weighted by atomic mass is 19.4. The monoisotopic (exact) mass is 872 g/mol. The minimum atomic E-state index is -4.51. The van der Waals surface area contributed by atoms with Crippen LogP contribution in [0.4, 0.5) is 13.2 Å². The molecule has 0 unspecified atom stereocenters. The zero-order chi connectivity index (χ0) is 45.2. The first-order valence-corrected chi connectivity index (χ1v) is 22.2. The van der Waals surface area contributed by atoms with Crippen molar-refractivity contribution in [1.82, 2.24) is 19.1 Å². The summed E-state index contributed by atoms with van der Waals surface area (Å²) in [7, 11) is 0. The second-order valence-electron chi connectivity index (χ2n) is 17.0. The lowest BCUT2D eigenvalue weighted by Gasteiger charge is -2.21. The van der Waals surface area contributed by atoms with E-state index in [4.69, 9.17) is 9.97 Å². The van der Waals surface area contributed by atoms with Gasteiger partial charge in [0, 0.05) is 55.0 Å². The Kier molecular flexibility index (Phi) is 9.47. The topological polar surface area (TPSA) is 35.6 Å². The molecule has 0 aliphatic carbocycles. The van der Waals surface area contributed by atoms with Crippen LogP contribution in [-0.2, 0) is 6.18 Å². The average Bonchev–Trinajstić information content (AvgIpc) is 3.87. The molecule has 0 bridgehead atoms. The standard InChI is InChI=1S/C60H39F3N4/c1-38-25-27-39(28-26-38)48-33-43(59-64-52(41-15-5-2-6-16-41)36-53(65-59)42-17-7-3-8-18-42)34-49(40-29-31-44(32-30-40)60(61,62)63)58(48)67-55-24-14-12-22-47(55)51-35-50-46-21-11-13-23-54(46)66(56(50)37-57(51)67)45-19-9-4-10-20-45/h2-37H,1H3. The van der Waals surface area contributed by atoms with Gasteiger partial charge in [0.25, 0.3) is 0 Å². The highest BCUT2D eigenvalue weighted by Gasteiger charge is 2.31. The predicted octanol–water partition coefficient (Wildman–Crippen LogP) is 16.3. The number of para-hydroxylation sites is 3. The lowest BCUT2D eigenvalue weighted by molar-refractivity contribution is -0.137. The van der Waals surface area contributed by atoms with Gasteiger partial charge in [-0.15, -0.1) is 0 Å². The number of halogens is 3. The molecule has 320 valence electrons. The summed E-state index contributed by atoms with van der Waals surface area (Å²) in [5.41, 5.74) is 13.5. The summed E-state index contributed by atoms with van der Waals surface area (Å²) in [4.78, 5) is 10.5. The molecule has 9 aromatic carbocycles. The van der Waals surface area contributed by atoms with E-state index in [9.17, 15) is 13.2 Å². The van der Waals surface area contributed by atoms with Crippen molar-refractivity contribution < 1.29 is 13.2 Å². The molecule has 0 atom stereocenters. The van der Waals surface area contributed by atoms with Gasteiger partial charge in [-0.2, -0.15) is 13.2 Å². The molecule has 0 aliphatic rings. The zero-order valence-electron chi connectivity index (χ0n) is 36.2. The van der Waals surface area contributed by atoms with E-state index in [-0.39, 0.29) is 0 Å². The summed E-state index contributed by atoms with van der Waals surface area (Å²) in [5, 5.41) is 4.38. The minimum absolute atomic E-state index is 0.490. The summed E-state index contributed by atoms with van der Waals surface area (Å²) >= 11 is 0. The molecule has 0 saturated heterocycles. The van der Waals surface area contributed by atoms with Crippen LogP contribution in [-0.4, -0.2) is 19.1 Å². The van der Waals surface area contributed by atoms with Crippen molar-refractivity contribution in [2.45, 2.75) is 13.1 Å². The Hall–Kier alpha value is -8.55. The van der Waals surface area contributed by atoms with Crippen molar-refractivity contribution >= 4 is 43.6 Å². The van der Waals surface area contributed by atoms with Gasteiger partial charge in [-0.1, -0.05) is 157 Å². The fourth-order valence-corrected chi connectivity index (χ4v) is 9.63. The second kappa shape index (κ2) is 15.9. The van der Waals surface area contributed by atoms with Crippen LogP contribution in [0.2, 0.25) is 0 Å². The third-order valence-corrected chi connectivity index (χ3v) is 12.8. The van der Waals surface area contributed by atoms with Gasteiger partial charge in [-0.05, 0) is 84.8 Å². The third kappa shape index (κ3) is 6.95. The number of fused-ring (bicyclic) bond motifs is 6. The molecule has 12 rings (SSSR count). The van der Waals surface area contributed by atoms with Crippen LogP contribution in [0.25, 0.3) is 111 Å². The largest absolute Gasteiger partial charge is 0.416 e. The quantitative estimate of drug-likeness (QED) is 0.160. The van der Waals surface area contributed by atoms with E-state index in [1.165, 1.54) is 12.1 Å². The van der Waals surface area contributed by atoms with Gasteiger partial charge >= 0.3 is 6.18 Å². The second-order valence-corrected chi connectivity index (χ2v) is 17.0. The maximum absolute atomic E-state index is 14.3. The fraction of sp³-hybridized carbons (Fsp3) is 0.0333. The molecule has 4 nitrogen and oxygen atoms in total. The highest BCUT2D eigenvalue weighted by molar-refractivity contribution is 6.19. The van der Waals surface area contributed by atoms with Crippen molar-refractivity contribution in [2.24, 2.45) is 0 Å². The molecular formula is C60H39F3N4. The van der Waals surface area contributed by atoms with Gasteiger partial charge in [0.05, 0.1) is 44.7 Å². The molecule has 3 aromatic heterocycles. The lowest BCUT2D eigenvalue weighted by atomic mass is 9.91. The number of nitrogens with zero attached hydrogens (tertiary/aromatic N) is 4. The summed E-state index contributed by atoms with van der Waals surface area (Å²) in [6.45, 7) is 2.06. The fourth-order valence-electron chi connectivity index (χ4n) is 9.63. The van der Waals surface area contributed by atoms with Gasteiger partial charge in [-0.3, -0.25) is 0 Å². The van der Waals surface area contributed by atoms with Crippen molar-refractivity contribution in [2.75, 3.05) is 0 Å². The van der Waals surface area contributed by atoms with Crippen molar-refractivity contribution in [3.63, 3.8) is 0 Å². The van der Waals surface area contributed by atoms with Crippen molar-refractivity contribution in [3.05, 3.63) is 230 Å². The Morgan fingerprint density at radius 1 is 0.373 bits per heavy atom. The van der Waals surface area contributed by atoms with E-state index in [0.717, 1.165) is 105 Å². The lowest BCUT2D eigenvalue weighted by Crippen LogP contribution is -2.05. The first-order valence-electron chi connectivity index (χ1n) is 22.2. The van der Waals surface area contributed by atoms with Gasteiger partial charge in [0.1, 0.15) is 0 Å². The molecular weight excluding hydrogens is 834 g/mol. The normalized spacial score (nSPS) is 11.9. The van der Waals surface area contributed by atoms with E-state index in [1.807, 2.05) is 78.9 Å². The summed E-state index contributed by atoms with van der Waals surface area (Å²) in [6, 6.07) is 72.0. The van der Waals surface area contributed by atoms with E-state index < -0.39 is 11.7 Å². The molecule has 0 amide bonds. The molecule has 0 N–H and O–H groups in total. The highest BCUT2D eigenvalue weighted by Crippen LogP contribution is 2.46. The molecule has 0 saturated carbocycles. The number of hydrogen-bond donors (Lipinski definition) is 0. The van der Waals surface area contributed by atoms with Gasteiger partial charge < -0.3 is 9.13 Å². The Balaban J connectivity index is 1.22. The van der Waals surface area contributed by atoms with Crippen LogP contribution in [0.5, 0.6) is 0 Å². The van der Waals surface area contributed by atoms with Crippen LogP contribution < -0.4 is 0 Å². The Labute approximate surface area is 384 Å². The van der Waals surface area contributed by atoms with Crippen LogP contribution in [0.3, 0.4) is 0 Å². The minimum Gasteiger partial charge on any atom is -0.309 e. The molecule has 0 radical (unpaired) electrons. The summed E-state index contributed by atoms with van der Waals surface area (Å²) < 4.78 is 47.4. The molecule has 12 aromatic rings. The van der Waals surface area contributed by atoms with Crippen LogP contribution >= 0.6 is 0 Å². The molecule has 7 heteroatoms. The third-order valence-electron chi connectivity index (χ3n) is 12.8. The van der Waals surface area contributed by atoms with Crippen molar-refractivity contribution in [1.29, 1.82) is 0 Å². The number of aryl methyl sites for hydroxylation is 1. The van der Waals surface area contributed by atoms with E-state index in [1.54, 1.807) is 12.1 Å². The van der Waals surface area contributed by atoms with Crippen LogP contribution in [0, 0.1) is 6.92 Å². The maximum atomic E-state index is 14.3. The van der Waals surface area contributed by atoms with E-state index in [0.29, 0.717) is 11.4 Å². The summed E-state index contributed by atoms with van der Waals surface area (Å²) in [5.74, 6) is 0.490. The molecule has 0 spiro atoms. The van der Waals surface area contributed by atoms with Gasteiger partial charge in [-0.25, -0.2) is 9.97 Å². The number of alkyl halides is 3. The Bertz CT molecular complexity index is 3760. The van der Waals surface area contributed by atoms with E-state index >= 15 is 0 Å². The SMILES string of the molecule is Cc1ccc(-c2cc(-c3nc(-c4ccccc4)cc(-c4ccccc4)n3)cc(-c3ccc(C(F)(F)F)cc3)c2-n2c3ccccc3c3cc4c5ccccc5n(-c5ccccc5)c4cc32)cc1. The number of benzene rings is 9. The number of rotatable bonds is 7. The maximum Gasteiger partial charge on any atom is 0.416 e. The Morgan fingerprint density at radius 3 is 1.37 bits per heavy atom. The smallest absolute Gasteiger partial charge is 0.309 e. The summed E-state index contributed by atoms with van der Waals surface area (Å²) in [6.07, 6.45) is -4.51. The van der Waals surface area contributed by atoms with Gasteiger partial charge in [0.15, 0.2) is 5.82 Å². The predicted molar refractivity (Wildman–Crippen MR) is 268 cm³/mol. The van der Waals surface area contributed by atoms with E-state index in [2.05, 4.69) is 131 Å². The number of hydrogen-bond acceptors (Lipinski definition) is 2. The van der Waals surface area contributed by atoms with Crippen LogP contribution in [0.15, 0.2) is 218 Å². The molecule has 0 aliphatic heterocycles. The average molecular weight is 873 g/mol. The molecule has 67 heavy (non-hydrogen) atoms.